The number of hydrogen-bond acceptors (Lipinski definition) is 5. The highest BCUT2D eigenvalue weighted by atomic mass is 16.5. The number of phenolic OH excluding ortho intramolecular Hbond substituents is 1. The summed E-state index contributed by atoms with van der Waals surface area (Å²) in [6.45, 7) is 0.0889. The molecule has 1 heterocycles. The number of aromatic hydroxyl groups is 1. The van der Waals surface area contributed by atoms with Crippen molar-refractivity contribution in [2.45, 2.75) is 50.6 Å². The van der Waals surface area contributed by atoms with Crippen molar-refractivity contribution in [3.05, 3.63) is 29.8 Å². The van der Waals surface area contributed by atoms with E-state index in [1.54, 1.807) is 12.1 Å². The molecule has 1 aliphatic carbocycles. The molecule has 1 atom stereocenters. The minimum Gasteiger partial charge on any atom is -0.507 e. The van der Waals surface area contributed by atoms with Gasteiger partial charge in [-0.25, -0.2) is 4.79 Å². The molecular formula is C19H24N2O5. The Morgan fingerprint density at radius 2 is 1.85 bits per heavy atom. The van der Waals surface area contributed by atoms with Crippen LogP contribution in [0, 0.1) is 0 Å². The largest absolute Gasteiger partial charge is 0.507 e. The summed E-state index contributed by atoms with van der Waals surface area (Å²) in [4.78, 5) is 38.3. The molecular weight excluding hydrogens is 336 g/mol. The van der Waals surface area contributed by atoms with Crippen LogP contribution < -0.4 is 5.32 Å². The Labute approximate surface area is 152 Å². The van der Waals surface area contributed by atoms with E-state index >= 15 is 0 Å². The number of ether oxygens (including phenoxy) is 1. The number of amides is 2. The van der Waals surface area contributed by atoms with E-state index in [4.69, 9.17) is 4.74 Å². The van der Waals surface area contributed by atoms with Crippen molar-refractivity contribution in [1.82, 2.24) is 10.2 Å². The third-order valence-electron chi connectivity index (χ3n) is 4.99. The van der Waals surface area contributed by atoms with Crippen molar-refractivity contribution in [2.24, 2.45) is 0 Å². The van der Waals surface area contributed by atoms with E-state index in [2.05, 4.69) is 5.32 Å². The second-order valence-electron chi connectivity index (χ2n) is 6.83. The lowest BCUT2D eigenvalue weighted by atomic mass is 10.1. The Balaban J connectivity index is 1.55. The fraction of sp³-hybridized carbons (Fsp3) is 0.526. The van der Waals surface area contributed by atoms with Crippen LogP contribution in [0.15, 0.2) is 24.3 Å². The van der Waals surface area contributed by atoms with Gasteiger partial charge in [-0.1, -0.05) is 25.0 Å². The van der Waals surface area contributed by atoms with Gasteiger partial charge in [0.2, 0.25) is 0 Å². The highest BCUT2D eigenvalue weighted by molar-refractivity contribution is 5.99. The summed E-state index contributed by atoms with van der Waals surface area (Å²) in [5, 5.41) is 12.7. The first kappa shape index (κ1) is 18.2. The normalized spacial score (nSPS) is 20.2. The summed E-state index contributed by atoms with van der Waals surface area (Å²) in [6.07, 6.45) is 5.30. The molecule has 7 nitrogen and oxygen atoms in total. The summed E-state index contributed by atoms with van der Waals surface area (Å²) >= 11 is 0. The zero-order valence-corrected chi connectivity index (χ0v) is 14.6. The van der Waals surface area contributed by atoms with E-state index < -0.39 is 17.9 Å². The molecule has 1 saturated heterocycles. The first-order chi connectivity index (χ1) is 12.6. The molecule has 1 aliphatic heterocycles. The van der Waals surface area contributed by atoms with Gasteiger partial charge in [0, 0.05) is 12.6 Å². The Morgan fingerprint density at radius 1 is 1.12 bits per heavy atom. The molecule has 2 aliphatic rings. The maximum atomic E-state index is 12.6. The first-order valence-electron chi connectivity index (χ1n) is 9.11. The van der Waals surface area contributed by atoms with Crippen LogP contribution in [0.3, 0.4) is 0 Å². The van der Waals surface area contributed by atoms with Gasteiger partial charge in [-0.2, -0.15) is 0 Å². The number of rotatable bonds is 5. The number of benzene rings is 1. The number of hydrogen-bond donors (Lipinski definition) is 2. The molecule has 0 bridgehead atoms. The number of likely N-dealkylation sites (tertiary alicyclic amines) is 1. The van der Waals surface area contributed by atoms with Gasteiger partial charge in [0.15, 0.2) is 6.61 Å². The zero-order valence-electron chi connectivity index (χ0n) is 14.6. The van der Waals surface area contributed by atoms with Gasteiger partial charge in [-0.15, -0.1) is 0 Å². The average molecular weight is 360 g/mol. The molecule has 2 N–H and O–H groups in total. The highest BCUT2D eigenvalue weighted by Gasteiger charge is 2.36. The topological polar surface area (TPSA) is 95.9 Å². The molecule has 140 valence electrons. The van der Waals surface area contributed by atoms with E-state index in [0.717, 1.165) is 25.7 Å². The smallest absolute Gasteiger partial charge is 0.329 e. The van der Waals surface area contributed by atoms with Gasteiger partial charge < -0.3 is 20.1 Å². The summed E-state index contributed by atoms with van der Waals surface area (Å²) in [6, 6.07) is 5.69. The number of carbonyl (C=O) groups is 3. The molecule has 1 aromatic rings. The van der Waals surface area contributed by atoms with Crippen LogP contribution in [0.2, 0.25) is 0 Å². The number of carbonyl (C=O) groups excluding carboxylic acids is 3. The molecule has 2 fully saturated rings. The van der Waals surface area contributed by atoms with Crippen molar-refractivity contribution in [1.29, 1.82) is 0 Å². The third-order valence-corrected chi connectivity index (χ3v) is 4.99. The molecule has 0 aromatic heterocycles. The summed E-state index contributed by atoms with van der Waals surface area (Å²) < 4.78 is 5.14. The van der Waals surface area contributed by atoms with E-state index in [0.29, 0.717) is 19.4 Å². The Kier molecular flexibility index (Phi) is 5.75. The van der Waals surface area contributed by atoms with Crippen LogP contribution in [0.5, 0.6) is 5.75 Å². The van der Waals surface area contributed by atoms with Crippen LogP contribution in [0.4, 0.5) is 0 Å². The van der Waals surface area contributed by atoms with Gasteiger partial charge in [0.25, 0.3) is 11.8 Å². The van der Waals surface area contributed by atoms with Crippen LogP contribution in [-0.4, -0.2) is 53.0 Å². The lowest BCUT2D eigenvalue weighted by molar-refractivity contribution is -0.152. The van der Waals surface area contributed by atoms with E-state index in [1.807, 2.05) is 0 Å². The van der Waals surface area contributed by atoms with Crippen LogP contribution in [0.1, 0.15) is 48.9 Å². The minimum absolute atomic E-state index is 0.118. The van der Waals surface area contributed by atoms with Gasteiger partial charge in [-0.3, -0.25) is 9.59 Å². The molecule has 0 spiro atoms. The lowest BCUT2D eigenvalue weighted by Crippen LogP contribution is -2.43. The first-order valence-corrected chi connectivity index (χ1v) is 9.11. The number of phenols is 1. The standard InChI is InChI=1S/C19H24N2O5/c22-16-10-4-3-8-14(16)18(24)21-11-5-9-15(21)19(25)26-12-17(23)20-13-6-1-2-7-13/h3-4,8,10,13,15,22H,1-2,5-7,9,11-12H2,(H,20,23)/t15-/m1/s1. The van der Waals surface area contributed by atoms with Crippen molar-refractivity contribution in [3.63, 3.8) is 0 Å². The second kappa shape index (κ2) is 8.21. The summed E-state index contributed by atoms with van der Waals surface area (Å²) in [5.74, 6) is -1.40. The number of para-hydroxylation sites is 1. The van der Waals surface area contributed by atoms with E-state index in [9.17, 15) is 19.5 Å². The monoisotopic (exact) mass is 360 g/mol. The predicted octanol–water partition coefficient (Wildman–Crippen LogP) is 1.60. The number of nitrogens with one attached hydrogen (secondary N) is 1. The Bertz CT molecular complexity index is 684. The molecule has 2 amide bonds. The van der Waals surface area contributed by atoms with Crippen LogP contribution >= 0.6 is 0 Å². The van der Waals surface area contributed by atoms with Crippen molar-refractivity contribution in [2.75, 3.05) is 13.2 Å². The maximum Gasteiger partial charge on any atom is 0.329 e. The van der Waals surface area contributed by atoms with E-state index in [1.165, 1.54) is 17.0 Å². The molecule has 7 heteroatoms. The maximum absolute atomic E-state index is 12.6. The lowest BCUT2D eigenvalue weighted by Gasteiger charge is -2.23. The molecule has 0 radical (unpaired) electrons. The molecule has 1 saturated carbocycles. The van der Waals surface area contributed by atoms with Gasteiger partial charge in [0.1, 0.15) is 11.8 Å². The third kappa shape index (κ3) is 4.15. The fourth-order valence-electron chi connectivity index (χ4n) is 3.64. The SMILES string of the molecule is O=C(COC(=O)[C@H]1CCCN1C(=O)c1ccccc1O)NC1CCCC1. The Hall–Kier alpha value is -2.57. The minimum atomic E-state index is -0.721. The predicted molar refractivity (Wildman–Crippen MR) is 93.5 cm³/mol. The number of esters is 1. The molecule has 3 rings (SSSR count). The van der Waals surface area contributed by atoms with Crippen molar-refractivity contribution >= 4 is 17.8 Å². The van der Waals surface area contributed by atoms with E-state index in [-0.39, 0.29) is 29.9 Å². The highest BCUT2D eigenvalue weighted by Crippen LogP contribution is 2.25. The van der Waals surface area contributed by atoms with Crippen molar-refractivity contribution in [3.8, 4) is 5.75 Å². The van der Waals surface area contributed by atoms with Gasteiger partial charge in [0.05, 0.1) is 5.56 Å². The Morgan fingerprint density at radius 3 is 2.58 bits per heavy atom. The zero-order chi connectivity index (χ0) is 18.5. The number of nitrogens with zero attached hydrogens (tertiary/aromatic N) is 1. The van der Waals surface area contributed by atoms with Crippen LogP contribution in [-0.2, 0) is 14.3 Å². The average Bonchev–Trinajstić information content (AvgIpc) is 3.31. The molecule has 26 heavy (non-hydrogen) atoms. The van der Waals surface area contributed by atoms with Crippen LogP contribution in [0.25, 0.3) is 0 Å². The fourth-order valence-corrected chi connectivity index (χ4v) is 3.64. The summed E-state index contributed by atoms with van der Waals surface area (Å²) in [5.41, 5.74) is 0.158. The molecule has 0 unspecified atom stereocenters. The van der Waals surface area contributed by atoms with Crippen molar-refractivity contribution < 1.29 is 24.2 Å². The second-order valence-corrected chi connectivity index (χ2v) is 6.83. The van der Waals surface area contributed by atoms with Gasteiger partial charge >= 0.3 is 5.97 Å². The summed E-state index contributed by atoms with van der Waals surface area (Å²) in [7, 11) is 0. The molecule has 1 aromatic carbocycles. The van der Waals surface area contributed by atoms with Gasteiger partial charge in [-0.05, 0) is 37.8 Å². The quantitative estimate of drug-likeness (QED) is 0.778.